The van der Waals surface area contributed by atoms with Crippen molar-refractivity contribution in [3.63, 3.8) is 0 Å². The number of rotatable bonds is 3. The van der Waals surface area contributed by atoms with Crippen LogP contribution in [-0.2, 0) is 20.0 Å². The monoisotopic (exact) mass is 245 g/mol. The van der Waals surface area contributed by atoms with Gasteiger partial charge in [-0.25, -0.2) is 4.79 Å². The number of nitrogen functional groups attached to an aromatic ring is 1. The molecular formula is C13H15N3O2. The van der Waals surface area contributed by atoms with Gasteiger partial charge >= 0.3 is 5.69 Å². The molecule has 1 aromatic heterocycles. The minimum atomic E-state index is -0.294. The van der Waals surface area contributed by atoms with E-state index < -0.39 is 0 Å². The third kappa shape index (κ3) is 2.51. The molecule has 5 nitrogen and oxygen atoms in total. The van der Waals surface area contributed by atoms with Gasteiger partial charge in [0.2, 0.25) is 0 Å². The Morgan fingerprint density at radius 2 is 1.78 bits per heavy atom. The summed E-state index contributed by atoms with van der Waals surface area (Å²) < 4.78 is 2.63. The predicted molar refractivity (Wildman–Crippen MR) is 70.5 cm³/mol. The Hall–Kier alpha value is -2.30. The molecule has 0 radical (unpaired) electrons. The second-order valence-corrected chi connectivity index (χ2v) is 4.19. The van der Waals surface area contributed by atoms with Gasteiger partial charge in [0.15, 0.2) is 0 Å². The van der Waals surface area contributed by atoms with Crippen LogP contribution in [0.2, 0.25) is 0 Å². The van der Waals surface area contributed by atoms with Crippen LogP contribution in [0.15, 0.2) is 46.1 Å². The van der Waals surface area contributed by atoms with Crippen molar-refractivity contribution in [2.24, 2.45) is 7.05 Å². The Bertz CT molecular complexity index is 653. The fourth-order valence-electron chi connectivity index (χ4n) is 1.75. The fourth-order valence-corrected chi connectivity index (χ4v) is 1.75. The van der Waals surface area contributed by atoms with Crippen molar-refractivity contribution in [1.29, 1.82) is 0 Å². The predicted octanol–water partition coefficient (Wildman–Crippen LogP) is 0.372. The number of hydrogen-bond donors (Lipinski definition) is 1. The molecule has 2 N–H and O–H groups in total. The van der Waals surface area contributed by atoms with Gasteiger partial charge in [0.05, 0.1) is 0 Å². The standard InChI is InChI=1S/C13H15N3O2/c1-15-8-7-12(17)16(13(15)18)9-6-10-2-4-11(14)5-3-10/h2-5,7-8H,6,9,14H2,1H3. The van der Waals surface area contributed by atoms with Crippen LogP contribution in [0.25, 0.3) is 0 Å². The summed E-state index contributed by atoms with van der Waals surface area (Å²) in [6.07, 6.45) is 2.10. The zero-order valence-electron chi connectivity index (χ0n) is 10.2. The molecule has 0 saturated heterocycles. The minimum absolute atomic E-state index is 0.270. The van der Waals surface area contributed by atoms with E-state index in [2.05, 4.69) is 0 Å². The van der Waals surface area contributed by atoms with Crippen LogP contribution in [0.1, 0.15) is 5.56 Å². The number of aromatic nitrogens is 2. The molecule has 1 heterocycles. The van der Waals surface area contributed by atoms with E-state index in [9.17, 15) is 9.59 Å². The summed E-state index contributed by atoms with van der Waals surface area (Å²) in [4.78, 5) is 23.4. The zero-order valence-corrected chi connectivity index (χ0v) is 10.2. The second-order valence-electron chi connectivity index (χ2n) is 4.19. The molecule has 18 heavy (non-hydrogen) atoms. The average Bonchev–Trinajstić information content (AvgIpc) is 2.36. The summed E-state index contributed by atoms with van der Waals surface area (Å²) in [6.45, 7) is 0.371. The smallest absolute Gasteiger partial charge is 0.330 e. The maximum absolute atomic E-state index is 11.8. The first-order valence-electron chi connectivity index (χ1n) is 5.69. The molecule has 0 amide bonds. The lowest BCUT2D eigenvalue weighted by molar-refractivity contribution is 0.590. The van der Waals surface area contributed by atoms with Gasteiger partial charge in [0.1, 0.15) is 0 Å². The summed E-state index contributed by atoms with van der Waals surface area (Å²) in [5.41, 5.74) is 6.77. The lowest BCUT2D eigenvalue weighted by Crippen LogP contribution is -2.38. The Morgan fingerprint density at radius 3 is 2.44 bits per heavy atom. The molecule has 0 aliphatic rings. The first-order chi connectivity index (χ1) is 8.58. The van der Waals surface area contributed by atoms with E-state index in [1.54, 1.807) is 19.2 Å². The van der Waals surface area contributed by atoms with Crippen molar-refractivity contribution in [2.45, 2.75) is 13.0 Å². The second kappa shape index (κ2) is 4.91. The lowest BCUT2D eigenvalue weighted by Gasteiger charge is -2.06. The molecule has 0 atom stereocenters. The fraction of sp³-hybridized carbons (Fsp3) is 0.231. The molecular weight excluding hydrogens is 230 g/mol. The highest BCUT2D eigenvalue weighted by Crippen LogP contribution is 2.06. The number of benzene rings is 1. The van der Waals surface area contributed by atoms with E-state index >= 15 is 0 Å². The normalized spacial score (nSPS) is 10.5. The van der Waals surface area contributed by atoms with Gasteiger partial charge in [0.25, 0.3) is 5.56 Å². The van der Waals surface area contributed by atoms with Gasteiger partial charge in [-0.3, -0.25) is 9.36 Å². The van der Waals surface area contributed by atoms with E-state index in [0.29, 0.717) is 18.7 Å². The first-order valence-corrected chi connectivity index (χ1v) is 5.69. The summed E-state index contributed by atoms with van der Waals surface area (Å²) in [5, 5.41) is 0. The summed E-state index contributed by atoms with van der Waals surface area (Å²) in [5.74, 6) is 0. The van der Waals surface area contributed by atoms with Crippen molar-refractivity contribution >= 4 is 5.69 Å². The number of nitrogens with two attached hydrogens (primary N) is 1. The highest BCUT2D eigenvalue weighted by Gasteiger charge is 2.03. The van der Waals surface area contributed by atoms with Crippen molar-refractivity contribution in [2.75, 3.05) is 5.73 Å². The van der Waals surface area contributed by atoms with Crippen molar-refractivity contribution in [3.05, 3.63) is 62.9 Å². The highest BCUT2D eigenvalue weighted by molar-refractivity contribution is 5.39. The van der Waals surface area contributed by atoms with Gasteiger partial charge in [-0.1, -0.05) is 12.1 Å². The third-order valence-electron chi connectivity index (χ3n) is 2.84. The minimum Gasteiger partial charge on any atom is -0.399 e. The van der Waals surface area contributed by atoms with Gasteiger partial charge in [-0.05, 0) is 24.1 Å². The van der Waals surface area contributed by atoms with Crippen LogP contribution < -0.4 is 17.0 Å². The summed E-state index contributed by atoms with van der Waals surface area (Å²) in [6, 6.07) is 8.80. The third-order valence-corrected chi connectivity index (χ3v) is 2.84. The molecule has 2 aromatic rings. The molecule has 0 fully saturated rings. The Morgan fingerprint density at radius 1 is 1.11 bits per heavy atom. The molecule has 0 saturated carbocycles. The van der Waals surface area contributed by atoms with Gasteiger partial charge in [0, 0.05) is 31.5 Å². The topological polar surface area (TPSA) is 70.0 Å². The van der Waals surface area contributed by atoms with E-state index in [0.717, 1.165) is 5.56 Å². The molecule has 5 heteroatoms. The van der Waals surface area contributed by atoms with E-state index in [-0.39, 0.29) is 11.2 Å². The molecule has 94 valence electrons. The van der Waals surface area contributed by atoms with E-state index in [1.807, 2.05) is 12.1 Å². The van der Waals surface area contributed by atoms with Crippen molar-refractivity contribution in [3.8, 4) is 0 Å². The van der Waals surface area contributed by atoms with Crippen molar-refractivity contribution in [1.82, 2.24) is 9.13 Å². The molecule has 0 bridgehead atoms. The van der Waals surface area contributed by atoms with E-state index in [1.165, 1.54) is 21.4 Å². The molecule has 1 aromatic carbocycles. The average molecular weight is 245 g/mol. The van der Waals surface area contributed by atoms with E-state index in [4.69, 9.17) is 5.73 Å². The number of nitrogens with zero attached hydrogens (tertiary/aromatic N) is 2. The number of anilines is 1. The maximum atomic E-state index is 11.8. The largest absolute Gasteiger partial charge is 0.399 e. The Kier molecular flexibility index (Phi) is 3.32. The zero-order chi connectivity index (χ0) is 13.1. The summed E-state index contributed by atoms with van der Waals surface area (Å²) in [7, 11) is 1.63. The Balaban J connectivity index is 2.21. The van der Waals surface area contributed by atoms with Crippen LogP contribution in [0.5, 0.6) is 0 Å². The van der Waals surface area contributed by atoms with Crippen LogP contribution in [0, 0.1) is 0 Å². The van der Waals surface area contributed by atoms with Gasteiger partial charge < -0.3 is 10.3 Å². The molecule has 0 unspecified atom stereocenters. The highest BCUT2D eigenvalue weighted by atomic mass is 16.2. The maximum Gasteiger partial charge on any atom is 0.330 e. The van der Waals surface area contributed by atoms with Crippen LogP contribution in [0.3, 0.4) is 0 Å². The van der Waals surface area contributed by atoms with Crippen LogP contribution in [0.4, 0.5) is 5.69 Å². The van der Waals surface area contributed by atoms with Crippen LogP contribution >= 0.6 is 0 Å². The molecule has 0 aliphatic heterocycles. The van der Waals surface area contributed by atoms with Crippen LogP contribution in [-0.4, -0.2) is 9.13 Å². The Labute approximate surface area is 104 Å². The van der Waals surface area contributed by atoms with Gasteiger partial charge in [-0.2, -0.15) is 0 Å². The quantitative estimate of drug-likeness (QED) is 0.794. The number of hydrogen-bond acceptors (Lipinski definition) is 3. The molecule has 0 spiro atoms. The SMILES string of the molecule is Cn1ccc(=O)n(CCc2ccc(N)cc2)c1=O. The van der Waals surface area contributed by atoms with Crippen molar-refractivity contribution < 1.29 is 0 Å². The number of aryl methyl sites for hydroxylation is 2. The lowest BCUT2D eigenvalue weighted by atomic mass is 10.1. The van der Waals surface area contributed by atoms with Gasteiger partial charge in [-0.15, -0.1) is 0 Å². The molecule has 2 rings (SSSR count). The molecule has 0 aliphatic carbocycles. The summed E-state index contributed by atoms with van der Waals surface area (Å²) >= 11 is 0. The first kappa shape index (κ1) is 12.2.